The number of benzene rings is 1. The van der Waals surface area contributed by atoms with Crippen LogP contribution in [-0.4, -0.2) is 32.4 Å². The van der Waals surface area contributed by atoms with Crippen molar-refractivity contribution in [2.45, 2.75) is 18.9 Å². The highest BCUT2D eigenvalue weighted by atomic mass is 16.5. The molecule has 9 nitrogen and oxygen atoms in total. The van der Waals surface area contributed by atoms with Gasteiger partial charge < -0.3 is 28.2 Å². The Morgan fingerprint density at radius 3 is 2.60 bits per heavy atom. The smallest absolute Gasteiger partial charge is 0.306 e. The van der Waals surface area contributed by atoms with E-state index < -0.39 is 28.5 Å². The molecule has 0 radical (unpaired) electrons. The molecule has 0 aliphatic heterocycles. The van der Waals surface area contributed by atoms with Gasteiger partial charge in [-0.05, 0) is 18.2 Å². The average Bonchev–Trinajstić information content (AvgIpc) is 2.75. The Labute approximate surface area is 170 Å². The number of fused-ring (bicyclic) bond motifs is 1. The third-order valence-corrected chi connectivity index (χ3v) is 4.58. The van der Waals surface area contributed by atoms with E-state index >= 15 is 0 Å². The normalized spacial score (nSPS) is 12.0. The van der Waals surface area contributed by atoms with Crippen molar-refractivity contribution >= 4 is 16.9 Å². The molecule has 1 N–H and O–H groups in total. The molecule has 3 aromatic rings. The maximum atomic E-state index is 13.2. The zero-order valence-electron chi connectivity index (χ0n) is 16.6. The Morgan fingerprint density at radius 2 is 1.93 bits per heavy atom. The van der Waals surface area contributed by atoms with Crippen LogP contribution < -0.4 is 15.6 Å². The lowest BCUT2D eigenvalue weighted by molar-refractivity contribution is -0.140. The van der Waals surface area contributed by atoms with Crippen LogP contribution in [-0.2, 0) is 20.9 Å². The minimum atomic E-state index is -1.13. The van der Waals surface area contributed by atoms with Crippen molar-refractivity contribution in [3.8, 4) is 11.5 Å². The molecular formula is C21H20O9. The topological polar surface area (TPSA) is 125 Å². The molecule has 2 aromatic heterocycles. The highest BCUT2D eigenvalue weighted by Crippen LogP contribution is 2.33. The van der Waals surface area contributed by atoms with E-state index in [4.69, 9.17) is 23.0 Å². The molecule has 0 aliphatic carbocycles. The summed E-state index contributed by atoms with van der Waals surface area (Å²) in [6, 6.07) is 5.78. The van der Waals surface area contributed by atoms with Gasteiger partial charge in [0.1, 0.15) is 23.7 Å². The Hall–Kier alpha value is -3.59. The second kappa shape index (κ2) is 8.83. The SMILES string of the molecule is COCc1cc(=O)c(O)c(C(CC(=O)OC)c2coc3ccc(OC)cc3c2=O)o1. The van der Waals surface area contributed by atoms with Gasteiger partial charge >= 0.3 is 5.97 Å². The molecule has 0 spiro atoms. The molecular weight excluding hydrogens is 396 g/mol. The van der Waals surface area contributed by atoms with E-state index in [1.165, 1.54) is 33.7 Å². The van der Waals surface area contributed by atoms with Crippen LogP contribution in [0.25, 0.3) is 11.0 Å². The van der Waals surface area contributed by atoms with Crippen LogP contribution in [0, 0.1) is 0 Å². The largest absolute Gasteiger partial charge is 0.502 e. The Morgan fingerprint density at radius 1 is 1.17 bits per heavy atom. The molecule has 0 amide bonds. The van der Waals surface area contributed by atoms with Crippen LogP contribution in [0.1, 0.15) is 29.4 Å². The molecule has 0 bridgehead atoms. The quantitative estimate of drug-likeness (QED) is 0.577. The van der Waals surface area contributed by atoms with E-state index in [2.05, 4.69) is 0 Å². The molecule has 9 heteroatoms. The second-order valence-electron chi connectivity index (χ2n) is 6.44. The summed E-state index contributed by atoms with van der Waals surface area (Å²) >= 11 is 0. The fourth-order valence-corrected chi connectivity index (χ4v) is 3.09. The summed E-state index contributed by atoms with van der Waals surface area (Å²) in [5, 5.41) is 10.5. The van der Waals surface area contributed by atoms with Crippen molar-refractivity contribution in [2.24, 2.45) is 0 Å². The lowest BCUT2D eigenvalue weighted by Gasteiger charge is -2.17. The molecule has 0 saturated carbocycles. The van der Waals surface area contributed by atoms with Crippen molar-refractivity contribution in [1.82, 2.24) is 0 Å². The molecule has 3 rings (SSSR count). The highest BCUT2D eigenvalue weighted by molar-refractivity contribution is 5.79. The van der Waals surface area contributed by atoms with Crippen LogP contribution >= 0.6 is 0 Å². The van der Waals surface area contributed by atoms with E-state index in [0.29, 0.717) is 11.3 Å². The molecule has 30 heavy (non-hydrogen) atoms. The molecule has 0 saturated heterocycles. The summed E-state index contributed by atoms with van der Waals surface area (Å²) in [6.45, 7) is -0.0447. The lowest BCUT2D eigenvalue weighted by atomic mass is 9.92. The zero-order chi connectivity index (χ0) is 21.8. The van der Waals surface area contributed by atoms with Gasteiger partial charge in [0.05, 0.1) is 38.2 Å². The maximum Gasteiger partial charge on any atom is 0.306 e. The molecule has 2 heterocycles. The van der Waals surface area contributed by atoms with Crippen LogP contribution in [0.4, 0.5) is 0 Å². The summed E-state index contributed by atoms with van der Waals surface area (Å²) < 4.78 is 26.0. The third-order valence-electron chi connectivity index (χ3n) is 4.58. The average molecular weight is 416 g/mol. The Balaban J connectivity index is 2.26. The first-order chi connectivity index (χ1) is 14.4. The van der Waals surface area contributed by atoms with Crippen molar-refractivity contribution in [3.05, 3.63) is 68.1 Å². The Kier molecular flexibility index (Phi) is 6.22. The number of hydrogen-bond donors (Lipinski definition) is 1. The molecule has 0 fully saturated rings. The summed E-state index contributed by atoms with van der Waals surface area (Å²) in [7, 11) is 4.05. The fourth-order valence-electron chi connectivity index (χ4n) is 3.09. The monoisotopic (exact) mass is 416 g/mol. The number of carbonyl (C=O) groups is 1. The van der Waals surface area contributed by atoms with E-state index in [-0.39, 0.29) is 35.5 Å². The first kappa shape index (κ1) is 21.1. The highest BCUT2D eigenvalue weighted by Gasteiger charge is 2.29. The first-order valence-corrected chi connectivity index (χ1v) is 8.90. The van der Waals surface area contributed by atoms with E-state index in [1.54, 1.807) is 12.1 Å². The van der Waals surface area contributed by atoms with Crippen LogP contribution in [0.15, 0.2) is 49.0 Å². The molecule has 0 aliphatic rings. The van der Waals surface area contributed by atoms with Gasteiger partial charge in [-0.15, -0.1) is 0 Å². The second-order valence-corrected chi connectivity index (χ2v) is 6.44. The molecule has 1 atom stereocenters. The lowest BCUT2D eigenvalue weighted by Crippen LogP contribution is -2.20. The van der Waals surface area contributed by atoms with Crippen molar-refractivity contribution in [2.75, 3.05) is 21.3 Å². The number of hydrogen-bond acceptors (Lipinski definition) is 9. The van der Waals surface area contributed by atoms with Gasteiger partial charge in [-0.2, -0.15) is 0 Å². The van der Waals surface area contributed by atoms with E-state index in [0.717, 1.165) is 6.07 Å². The predicted molar refractivity (Wildman–Crippen MR) is 105 cm³/mol. The van der Waals surface area contributed by atoms with Crippen molar-refractivity contribution < 1.29 is 32.9 Å². The zero-order valence-corrected chi connectivity index (χ0v) is 16.6. The number of esters is 1. The summed E-state index contributed by atoms with van der Waals surface area (Å²) in [4.78, 5) is 37.5. The summed E-state index contributed by atoms with van der Waals surface area (Å²) in [5.74, 6) is -2.22. The Bertz CT molecular complexity index is 1190. The van der Waals surface area contributed by atoms with Crippen LogP contribution in [0.2, 0.25) is 0 Å². The number of aromatic hydroxyl groups is 1. The summed E-state index contributed by atoms with van der Waals surface area (Å²) in [5.41, 5.74) is -0.886. The molecule has 158 valence electrons. The van der Waals surface area contributed by atoms with Gasteiger partial charge in [0.25, 0.3) is 0 Å². The van der Waals surface area contributed by atoms with Gasteiger partial charge in [-0.3, -0.25) is 14.4 Å². The van der Waals surface area contributed by atoms with Crippen molar-refractivity contribution in [1.29, 1.82) is 0 Å². The first-order valence-electron chi connectivity index (χ1n) is 8.90. The predicted octanol–water partition coefficient (Wildman–Crippen LogP) is 2.30. The molecule has 1 aromatic carbocycles. The van der Waals surface area contributed by atoms with Gasteiger partial charge in [-0.25, -0.2) is 0 Å². The number of ether oxygens (including phenoxy) is 3. The van der Waals surface area contributed by atoms with E-state index in [1.807, 2.05) is 0 Å². The van der Waals surface area contributed by atoms with Gasteiger partial charge in [-0.1, -0.05) is 0 Å². The van der Waals surface area contributed by atoms with E-state index in [9.17, 15) is 19.5 Å². The molecule has 1 unspecified atom stereocenters. The minimum Gasteiger partial charge on any atom is -0.502 e. The number of rotatable bonds is 7. The van der Waals surface area contributed by atoms with Crippen molar-refractivity contribution in [3.63, 3.8) is 0 Å². The number of carbonyl (C=O) groups excluding carboxylic acids is 1. The fraction of sp³-hybridized carbons (Fsp3) is 0.286. The van der Waals surface area contributed by atoms with Gasteiger partial charge in [0.2, 0.25) is 11.2 Å². The van der Waals surface area contributed by atoms with Gasteiger partial charge in [0, 0.05) is 18.7 Å². The van der Waals surface area contributed by atoms with Crippen LogP contribution in [0.3, 0.4) is 0 Å². The van der Waals surface area contributed by atoms with Crippen LogP contribution in [0.5, 0.6) is 11.5 Å². The number of methoxy groups -OCH3 is 3. The third kappa shape index (κ3) is 4.06. The minimum absolute atomic E-state index is 0.00849. The summed E-state index contributed by atoms with van der Waals surface area (Å²) in [6.07, 6.45) is 0.802. The maximum absolute atomic E-state index is 13.2. The standard InChI is InChI=1S/C21H20O9/c1-26-9-12-7-16(22)20(25)21(30-12)13(8-18(23)28-3)15-10-29-17-5-4-11(27-2)6-14(17)19(15)24/h4-7,10,13,25H,8-9H2,1-3H3. The van der Waals surface area contributed by atoms with Gasteiger partial charge in [0.15, 0.2) is 11.2 Å².